The highest BCUT2D eigenvalue weighted by atomic mass is 127. The fourth-order valence-corrected chi connectivity index (χ4v) is 2.49. The zero-order valence-electron chi connectivity index (χ0n) is 10.5. The van der Waals surface area contributed by atoms with Gasteiger partial charge in [-0.2, -0.15) is 0 Å². The van der Waals surface area contributed by atoms with Crippen LogP contribution in [0.5, 0.6) is 0 Å². The van der Waals surface area contributed by atoms with Crippen LogP contribution in [0.4, 0.5) is 0 Å². The maximum atomic E-state index is 4.23. The molecule has 2 atom stereocenters. The summed E-state index contributed by atoms with van der Waals surface area (Å²) in [5.74, 6) is 1.71. The van der Waals surface area contributed by atoms with Gasteiger partial charge in [0, 0.05) is 18.0 Å². The molecule has 0 saturated heterocycles. The number of hydrogen-bond acceptors (Lipinski definition) is 2. The molecule has 1 aliphatic carbocycles. The zero-order chi connectivity index (χ0) is 11.5. The lowest BCUT2D eigenvalue weighted by Crippen LogP contribution is -2.38. The molecule has 5 heteroatoms. The van der Waals surface area contributed by atoms with E-state index in [1.807, 2.05) is 7.05 Å². The second kappa shape index (κ2) is 6.58. The summed E-state index contributed by atoms with van der Waals surface area (Å²) < 4.78 is 0. The Labute approximate surface area is 124 Å². The van der Waals surface area contributed by atoms with E-state index in [-0.39, 0.29) is 24.0 Å². The van der Waals surface area contributed by atoms with Crippen LogP contribution in [-0.2, 0) is 6.54 Å². The van der Waals surface area contributed by atoms with E-state index in [1.165, 1.54) is 16.9 Å². The first-order valence-corrected chi connectivity index (χ1v) is 6.59. The van der Waals surface area contributed by atoms with Gasteiger partial charge in [-0.3, -0.25) is 4.99 Å². The molecule has 1 aromatic heterocycles. The van der Waals surface area contributed by atoms with Gasteiger partial charge in [0.1, 0.15) is 0 Å². The Morgan fingerprint density at radius 2 is 2.29 bits per heavy atom. The van der Waals surface area contributed by atoms with E-state index in [0.29, 0.717) is 6.04 Å². The third kappa shape index (κ3) is 4.13. The normalized spacial score (nSPS) is 22.9. The smallest absolute Gasteiger partial charge is 0.191 e. The largest absolute Gasteiger partial charge is 0.353 e. The third-order valence-electron chi connectivity index (χ3n) is 3.04. The lowest BCUT2D eigenvalue weighted by atomic mass is 10.3. The van der Waals surface area contributed by atoms with E-state index in [4.69, 9.17) is 0 Å². The van der Waals surface area contributed by atoms with Crippen LogP contribution in [0.15, 0.2) is 16.4 Å². The van der Waals surface area contributed by atoms with Gasteiger partial charge in [0.2, 0.25) is 0 Å². The van der Waals surface area contributed by atoms with Crippen molar-refractivity contribution < 1.29 is 0 Å². The Morgan fingerprint density at radius 3 is 2.76 bits per heavy atom. The molecule has 2 unspecified atom stereocenters. The van der Waals surface area contributed by atoms with Crippen LogP contribution in [0.25, 0.3) is 0 Å². The van der Waals surface area contributed by atoms with Gasteiger partial charge in [-0.05, 0) is 36.3 Å². The third-order valence-corrected chi connectivity index (χ3v) is 4.06. The second-order valence-corrected chi connectivity index (χ2v) is 5.42. The fraction of sp³-hybridized carbons (Fsp3) is 0.583. The van der Waals surface area contributed by atoms with Crippen LogP contribution < -0.4 is 10.6 Å². The van der Waals surface area contributed by atoms with Gasteiger partial charge in [0.05, 0.1) is 6.54 Å². The fourth-order valence-electron chi connectivity index (χ4n) is 1.64. The van der Waals surface area contributed by atoms with Gasteiger partial charge >= 0.3 is 0 Å². The number of rotatable bonds is 3. The minimum Gasteiger partial charge on any atom is -0.353 e. The van der Waals surface area contributed by atoms with Crippen molar-refractivity contribution >= 4 is 41.3 Å². The molecule has 0 bridgehead atoms. The molecule has 0 amide bonds. The first-order valence-electron chi connectivity index (χ1n) is 5.71. The van der Waals surface area contributed by atoms with Crippen molar-refractivity contribution in [2.45, 2.75) is 32.9 Å². The topological polar surface area (TPSA) is 36.4 Å². The lowest BCUT2D eigenvalue weighted by molar-refractivity contribution is 0.765. The second-order valence-electron chi connectivity index (χ2n) is 4.42. The van der Waals surface area contributed by atoms with Crippen LogP contribution in [0.3, 0.4) is 0 Å². The SMILES string of the molecule is CN=C(NCc1sccc1C)NC1CC1C.I. The Morgan fingerprint density at radius 1 is 1.59 bits per heavy atom. The molecular weight excluding hydrogens is 345 g/mol. The van der Waals surface area contributed by atoms with Crippen LogP contribution >= 0.6 is 35.3 Å². The van der Waals surface area contributed by atoms with Gasteiger partial charge in [-0.25, -0.2) is 0 Å². The van der Waals surface area contributed by atoms with Gasteiger partial charge < -0.3 is 10.6 Å². The number of nitrogens with zero attached hydrogens (tertiary/aromatic N) is 1. The van der Waals surface area contributed by atoms with Crippen molar-refractivity contribution in [1.82, 2.24) is 10.6 Å². The van der Waals surface area contributed by atoms with E-state index in [2.05, 4.69) is 40.9 Å². The summed E-state index contributed by atoms with van der Waals surface area (Å²) in [6, 6.07) is 2.77. The molecule has 1 heterocycles. The summed E-state index contributed by atoms with van der Waals surface area (Å²) in [4.78, 5) is 5.61. The Bertz CT molecular complexity index is 389. The van der Waals surface area contributed by atoms with E-state index < -0.39 is 0 Å². The van der Waals surface area contributed by atoms with Crippen molar-refractivity contribution in [1.29, 1.82) is 0 Å². The highest BCUT2D eigenvalue weighted by Crippen LogP contribution is 2.28. The number of nitrogens with one attached hydrogen (secondary N) is 2. The molecule has 17 heavy (non-hydrogen) atoms. The van der Waals surface area contributed by atoms with Crippen LogP contribution in [-0.4, -0.2) is 19.0 Å². The van der Waals surface area contributed by atoms with Crippen molar-refractivity contribution in [3.8, 4) is 0 Å². The molecule has 0 aliphatic heterocycles. The molecule has 0 spiro atoms. The monoisotopic (exact) mass is 365 g/mol. The minimum atomic E-state index is 0. The molecule has 0 radical (unpaired) electrons. The quantitative estimate of drug-likeness (QED) is 0.491. The van der Waals surface area contributed by atoms with Gasteiger partial charge in [0.25, 0.3) is 0 Å². The first-order chi connectivity index (χ1) is 7.70. The number of halogens is 1. The predicted molar refractivity (Wildman–Crippen MR) is 85.4 cm³/mol. The standard InChI is InChI=1S/C12H19N3S.HI/c1-8-4-5-16-11(8)7-14-12(13-3)15-10-6-9(10)2;/h4-5,9-10H,6-7H2,1-3H3,(H2,13,14,15);1H. The first kappa shape index (κ1) is 14.8. The molecule has 2 rings (SSSR count). The van der Waals surface area contributed by atoms with E-state index in [0.717, 1.165) is 18.4 Å². The number of hydrogen-bond donors (Lipinski definition) is 2. The Balaban J connectivity index is 0.00000144. The summed E-state index contributed by atoms with van der Waals surface area (Å²) in [6.07, 6.45) is 1.26. The van der Waals surface area contributed by atoms with Crippen LogP contribution in [0.2, 0.25) is 0 Å². The van der Waals surface area contributed by atoms with E-state index in [9.17, 15) is 0 Å². The molecule has 3 nitrogen and oxygen atoms in total. The average Bonchev–Trinajstić information content (AvgIpc) is 2.79. The van der Waals surface area contributed by atoms with Crippen LogP contribution in [0, 0.1) is 12.8 Å². The predicted octanol–water partition coefficient (Wildman–Crippen LogP) is 2.75. The lowest BCUT2D eigenvalue weighted by Gasteiger charge is -2.11. The summed E-state index contributed by atoms with van der Waals surface area (Å²) in [7, 11) is 1.82. The maximum Gasteiger partial charge on any atom is 0.191 e. The van der Waals surface area contributed by atoms with Crippen molar-refractivity contribution in [3.05, 3.63) is 21.9 Å². The summed E-state index contributed by atoms with van der Waals surface area (Å²) >= 11 is 1.79. The van der Waals surface area contributed by atoms with E-state index in [1.54, 1.807) is 11.3 Å². The number of aliphatic imine (C=N–C) groups is 1. The van der Waals surface area contributed by atoms with Crippen molar-refractivity contribution in [3.63, 3.8) is 0 Å². The molecule has 1 aromatic rings. The number of guanidine groups is 1. The maximum absolute atomic E-state index is 4.23. The molecule has 0 aromatic carbocycles. The van der Waals surface area contributed by atoms with Crippen molar-refractivity contribution in [2.24, 2.45) is 10.9 Å². The highest BCUT2D eigenvalue weighted by Gasteiger charge is 2.33. The highest BCUT2D eigenvalue weighted by molar-refractivity contribution is 14.0. The van der Waals surface area contributed by atoms with Gasteiger partial charge in [0.15, 0.2) is 5.96 Å². The molecule has 1 aliphatic rings. The molecule has 2 N–H and O–H groups in total. The van der Waals surface area contributed by atoms with Crippen LogP contribution in [0.1, 0.15) is 23.8 Å². The van der Waals surface area contributed by atoms with E-state index >= 15 is 0 Å². The molecule has 1 saturated carbocycles. The molecule has 1 fully saturated rings. The number of thiophene rings is 1. The Kier molecular flexibility index (Phi) is 5.72. The molecular formula is C12H20IN3S. The minimum absolute atomic E-state index is 0. The number of aryl methyl sites for hydroxylation is 1. The van der Waals surface area contributed by atoms with Gasteiger partial charge in [-0.15, -0.1) is 35.3 Å². The van der Waals surface area contributed by atoms with Gasteiger partial charge in [-0.1, -0.05) is 6.92 Å². The summed E-state index contributed by atoms with van der Waals surface area (Å²) in [5, 5.41) is 8.90. The molecule has 96 valence electrons. The summed E-state index contributed by atoms with van der Waals surface area (Å²) in [6.45, 7) is 5.27. The summed E-state index contributed by atoms with van der Waals surface area (Å²) in [5.41, 5.74) is 1.35. The average molecular weight is 365 g/mol. The Hall–Kier alpha value is -0.300. The zero-order valence-corrected chi connectivity index (χ0v) is 13.6. The van der Waals surface area contributed by atoms with Crippen molar-refractivity contribution in [2.75, 3.05) is 7.05 Å².